The molecule has 0 amide bonds. The number of benzene rings is 1. The summed E-state index contributed by atoms with van der Waals surface area (Å²) in [5.74, 6) is 0.619. The van der Waals surface area contributed by atoms with E-state index in [0.717, 1.165) is 0 Å². The van der Waals surface area contributed by atoms with Crippen molar-refractivity contribution < 1.29 is 9.13 Å². The molecule has 1 aromatic heterocycles. The number of halogens is 3. The van der Waals surface area contributed by atoms with E-state index >= 15 is 0 Å². The summed E-state index contributed by atoms with van der Waals surface area (Å²) in [4.78, 5) is 7.71. The Labute approximate surface area is 113 Å². The van der Waals surface area contributed by atoms with Crippen molar-refractivity contribution in [2.24, 2.45) is 0 Å². The van der Waals surface area contributed by atoms with Crippen LogP contribution in [-0.2, 0) is 0 Å². The molecule has 0 saturated heterocycles. The third-order valence-electron chi connectivity index (χ3n) is 1.89. The average Bonchev–Trinajstić information content (AvgIpc) is 2.28. The van der Waals surface area contributed by atoms with Gasteiger partial charge in [-0.15, -0.1) is 0 Å². The highest BCUT2D eigenvalue weighted by Crippen LogP contribution is 2.34. The number of aromatic nitrogens is 2. The lowest BCUT2D eigenvalue weighted by Crippen LogP contribution is -1.97. The number of nitrogens with zero attached hydrogens (tertiary/aromatic N) is 2. The summed E-state index contributed by atoms with van der Waals surface area (Å²) in [6.45, 7) is 0. The normalized spacial score (nSPS) is 10.3. The number of hydrogen-bond donors (Lipinski definition) is 1. The van der Waals surface area contributed by atoms with Crippen LogP contribution in [0.4, 0.5) is 10.2 Å². The summed E-state index contributed by atoms with van der Waals surface area (Å²) in [6.07, 6.45) is 1.28. The zero-order valence-corrected chi connectivity index (χ0v) is 11.5. The molecule has 0 aliphatic rings. The molecule has 0 aliphatic heterocycles. The summed E-state index contributed by atoms with van der Waals surface area (Å²) in [5.41, 5.74) is 5.59. The van der Waals surface area contributed by atoms with Crippen LogP contribution in [0.25, 0.3) is 0 Å². The average molecular weight is 363 g/mol. The maximum Gasteiger partial charge on any atom is 0.238 e. The summed E-state index contributed by atoms with van der Waals surface area (Å²) < 4.78 is 19.3. The zero-order valence-electron chi connectivity index (χ0n) is 8.32. The van der Waals surface area contributed by atoms with Crippen LogP contribution in [0.5, 0.6) is 11.6 Å². The van der Waals surface area contributed by atoms with E-state index in [1.54, 1.807) is 0 Å². The Bertz CT molecular complexity index is 565. The molecule has 2 aromatic rings. The van der Waals surface area contributed by atoms with Crippen molar-refractivity contribution in [1.29, 1.82) is 0 Å². The monoisotopic (exact) mass is 361 g/mol. The highest BCUT2D eigenvalue weighted by atomic mass is 79.9. The van der Waals surface area contributed by atoms with E-state index in [2.05, 4.69) is 41.8 Å². The molecule has 0 aliphatic carbocycles. The Balaban J connectivity index is 2.35. The van der Waals surface area contributed by atoms with Crippen LogP contribution in [0.3, 0.4) is 0 Å². The lowest BCUT2D eigenvalue weighted by molar-refractivity contribution is 0.454. The highest BCUT2D eigenvalue weighted by Gasteiger charge is 2.10. The van der Waals surface area contributed by atoms with Crippen LogP contribution in [0, 0.1) is 5.82 Å². The standard InChI is InChI=1S/C10H6Br2FN3O/c11-6-3-5(13)1-2-7(6)17-10-8(12)9(14)15-4-16-10/h1-4H,(H2,14,15,16). The smallest absolute Gasteiger partial charge is 0.238 e. The maximum absolute atomic E-state index is 12.9. The number of nitrogens with two attached hydrogens (primary N) is 1. The van der Waals surface area contributed by atoms with Crippen molar-refractivity contribution >= 4 is 37.7 Å². The molecule has 0 spiro atoms. The van der Waals surface area contributed by atoms with Gasteiger partial charge in [0.25, 0.3) is 0 Å². The second-order valence-electron chi connectivity index (χ2n) is 3.05. The van der Waals surface area contributed by atoms with Gasteiger partial charge in [-0.1, -0.05) is 0 Å². The Hall–Kier alpha value is -1.21. The lowest BCUT2D eigenvalue weighted by atomic mass is 10.3. The van der Waals surface area contributed by atoms with Gasteiger partial charge in [0, 0.05) is 0 Å². The van der Waals surface area contributed by atoms with E-state index in [9.17, 15) is 4.39 Å². The molecule has 2 rings (SSSR count). The van der Waals surface area contributed by atoms with Gasteiger partial charge in [0.2, 0.25) is 5.88 Å². The quantitative estimate of drug-likeness (QED) is 0.887. The summed E-state index contributed by atoms with van der Waals surface area (Å²) in [5, 5.41) is 0. The molecule has 1 heterocycles. The molecule has 0 bridgehead atoms. The Morgan fingerprint density at radius 3 is 2.71 bits per heavy atom. The van der Waals surface area contributed by atoms with Gasteiger partial charge in [-0.05, 0) is 50.1 Å². The molecule has 0 radical (unpaired) electrons. The second kappa shape index (κ2) is 4.97. The van der Waals surface area contributed by atoms with Crippen LogP contribution in [-0.4, -0.2) is 9.97 Å². The van der Waals surface area contributed by atoms with E-state index in [0.29, 0.717) is 14.7 Å². The second-order valence-corrected chi connectivity index (χ2v) is 4.70. The van der Waals surface area contributed by atoms with Gasteiger partial charge in [-0.2, -0.15) is 0 Å². The fraction of sp³-hybridized carbons (Fsp3) is 0. The Kier molecular flexibility index (Phi) is 3.58. The third-order valence-corrected chi connectivity index (χ3v) is 3.25. The first-order valence-corrected chi connectivity index (χ1v) is 6.05. The first-order valence-electron chi connectivity index (χ1n) is 4.47. The first kappa shape index (κ1) is 12.3. The minimum Gasteiger partial charge on any atom is -0.436 e. The molecule has 0 fully saturated rings. The van der Waals surface area contributed by atoms with Crippen molar-refractivity contribution in [2.45, 2.75) is 0 Å². The summed E-state index contributed by atoms with van der Waals surface area (Å²) >= 11 is 6.41. The van der Waals surface area contributed by atoms with Crippen LogP contribution in [0.1, 0.15) is 0 Å². The first-order chi connectivity index (χ1) is 8.08. The minimum atomic E-state index is -0.356. The van der Waals surface area contributed by atoms with Gasteiger partial charge in [0.15, 0.2) is 0 Å². The van der Waals surface area contributed by atoms with Crippen LogP contribution in [0.2, 0.25) is 0 Å². The van der Waals surface area contributed by atoms with Crippen LogP contribution < -0.4 is 10.5 Å². The van der Waals surface area contributed by atoms with Crippen LogP contribution in [0.15, 0.2) is 33.5 Å². The van der Waals surface area contributed by atoms with Gasteiger partial charge < -0.3 is 10.5 Å². The molecule has 88 valence electrons. The van der Waals surface area contributed by atoms with E-state index in [4.69, 9.17) is 10.5 Å². The fourth-order valence-corrected chi connectivity index (χ4v) is 1.82. The molecular weight excluding hydrogens is 357 g/mol. The van der Waals surface area contributed by atoms with E-state index in [1.165, 1.54) is 24.5 Å². The molecule has 4 nitrogen and oxygen atoms in total. The largest absolute Gasteiger partial charge is 0.436 e. The predicted octanol–water partition coefficient (Wildman–Crippen LogP) is 3.52. The third kappa shape index (κ3) is 2.73. The topological polar surface area (TPSA) is 61.0 Å². The maximum atomic E-state index is 12.9. The number of anilines is 1. The molecule has 1 aromatic carbocycles. The van der Waals surface area contributed by atoms with Gasteiger partial charge in [0.1, 0.15) is 28.2 Å². The van der Waals surface area contributed by atoms with Gasteiger partial charge in [-0.3, -0.25) is 0 Å². The zero-order chi connectivity index (χ0) is 12.4. The minimum absolute atomic E-state index is 0.268. The number of nitrogen functional groups attached to an aromatic ring is 1. The van der Waals surface area contributed by atoms with Crippen molar-refractivity contribution in [3.8, 4) is 11.6 Å². The van der Waals surface area contributed by atoms with Gasteiger partial charge in [-0.25, -0.2) is 14.4 Å². The lowest BCUT2D eigenvalue weighted by Gasteiger charge is -2.08. The van der Waals surface area contributed by atoms with Crippen LogP contribution >= 0.6 is 31.9 Å². The molecule has 0 saturated carbocycles. The predicted molar refractivity (Wildman–Crippen MR) is 68.3 cm³/mol. The van der Waals surface area contributed by atoms with Crippen molar-refractivity contribution in [2.75, 3.05) is 5.73 Å². The van der Waals surface area contributed by atoms with Crippen molar-refractivity contribution in [1.82, 2.24) is 9.97 Å². The Morgan fingerprint density at radius 2 is 2.00 bits per heavy atom. The van der Waals surface area contributed by atoms with E-state index < -0.39 is 0 Å². The SMILES string of the molecule is Nc1ncnc(Oc2ccc(F)cc2Br)c1Br. The van der Waals surface area contributed by atoms with E-state index in [-0.39, 0.29) is 17.5 Å². The van der Waals surface area contributed by atoms with E-state index in [1.807, 2.05) is 0 Å². The highest BCUT2D eigenvalue weighted by molar-refractivity contribution is 9.11. The molecule has 7 heteroatoms. The van der Waals surface area contributed by atoms with Gasteiger partial charge >= 0.3 is 0 Å². The summed E-state index contributed by atoms with van der Waals surface area (Å²) in [6, 6.07) is 4.08. The van der Waals surface area contributed by atoms with Crippen molar-refractivity contribution in [3.05, 3.63) is 39.3 Å². The number of ether oxygens (including phenoxy) is 1. The van der Waals surface area contributed by atoms with Crippen molar-refractivity contribution in [3.63, 3.8) is 0 Å². The Morgan fingerprint density at radius 1 is 1.24 bits per heavy atom. The van der Waals surface area contributed by atoms with Gasteiger partial charge in [0.05, 0.1) is 4.47 Å². The molecule has 0 atom stereocenters. The number of rotatable bonds is 2. The molecule has 0 unspecified atom stereocenters. The fourth-order valence-electron chi connectivity index (χ4n) is 1.10. The summed E-state index contributed by atoms with van der Waals surface area (Å²) in [7, 11) is 0. The molecular formula is C10H6Br2FN3O. The number of hydrogen-bond acceptors (Lipinski definition) is 4. The molecule has 17 heavy (non-hydrogen) atoms. The molecule has 2 N–H and O–H groups in total.